The molecule has 0 radical (unpaired) electrons. The van der Waals surface area contributed by atoms with E-state index in [9.17, 15) is 19.2 Å². The molecule has 1 unspecified atom stereocenters. The summed E-state index contributed by atoms with van der Waals surface area (Å²) in [5.41, 5.74) is 3.65. The van der Waals surface area contributed by atoms with Crippen molar-refractivity contribution in [3.8, 4) is 11.5 Å². The molecule has 0 saturated heterocycles. The maximum Gasteiger partial charge on any atom is 0.338 e. The number of esters is 4. The molecule has 0 aliphatic heterocycles. The van der Waals surface area contributed by atoms with Gasteiger partial charge >= 0.3 is 23.9 Å². The fraction of sp³-hybridized carbons (Fsp3) is 0.267. The van der Waals surface area contributed by atoms with Gasteiger partial charge in [-0.3, -0.25) is 0 Å². The number of fused-ring (bicyclic) bond motifs is 3. The first-order chi connectivity index (χ1) is 17.8. The lowest BCUT2D eigenvalue weighted by molar-refractivity contribution is -0.148. The van der Waals surface area contributed by atoms with Crippen LogP contribution in [0.3, 0.4) is 0 Å². The number of hydrogen-bond acceptors (Lipinski definition) is 8. The average molecular weight is 519 g/mol. The van der Waals surface area contributed by atoms with Gasteiger partial charge in [-0.25, -0.2) is 19.2 Å². The van der Waals surface area contributed by atoms with Crippen molar-refractivity contribution in [2.45, 2.75) is 53.1 Å². The SMILES string of the molecule is C=C(C)C(=O)OC1=C2CCc3cc(OC(=O)C(=C)C)c(OC(=O)C(=C)C)cc3C2=CCC1OC(=O)C(=C)C. The minimum atomic E-state index is -0.834. The molecule has 0 amide bonds. The first-order valence-corrected chi connectivity index (χ1v) is 11.9. The number of hydrogen-bond donors (Lipinski definition) is 0. The van der Waals surface area contributed by atoms with E-state index < -0.39 is 30.0 Å². The van der Waals surface area contributed by atoms with Gasteiger partial charge in [-0.05, 0) is 69.4 Å². The van der Waals surface area contributed by atoms with Crippen molar-refractivity contribution >= 4 is 29.5 Å². The van der Waals surface area contributed by atoms with Gasteiger partial charge in [0.05, 0.1) is 0 Å². The Balaban J connectivity index is 2.13. The molecular formula is C30H30O8. The number of ether oxygens (including phenoxy) is 4. The standard InChI is InChI=1S/C30H30O8/c1-15(2)27(31)35-23-12-11-20-21(26(23)38-30(34)18(7)8)10-9-19-13-24(36-28(32)16(3)4)25(14-22(19)20)37-29(33)17(5)6/h11,13-14,23H,1,3,5,7,9-10,12H2,2,4,6,8H3. The van der Waals surface area contributed by atoms with Crippen LogP contribution in [0.5, 0.6) is 11.5 Å². The van der Waals surface area contributed by atoms with Crippen molar-refractivity contribution in [3.63, 3.8) is 0 Å². The van der Waals surface area contributed by atoms with Crippen LogP contribution in [0, 0.1) is 0 Å². The molecule has 0 fully saturated rings. The van der Waals surface area contributed by atoms with Gasteiger partial charge in [0.15, 0.2) is 23.4 Å². The zero-order valence-electron chi connectivity index (χ0n) is 22.0. The van der Waals surface area contributed by atoms with Gasteiger partial charge in [-0.1, -0.05) is 32.4 Å². The minimum absolute atomic E-state index is 0.0183. The van der Waals surface area contributed by atoms with Gasteiger partial charge in [0, 0.05) is 34.3 Å². The van der Waals surface area contributed by atoms with E-state index >= 15 is 0 Å². The Morgan fingerprint density at radius 1 is 0.711 bits per heavy atom. The molecule has 0 bridgehead atoms. The second-order valence-electron chi connectivity index (χ2n) is 9.34. The second-order valence-corrected chi connectivity index (χ2v) is 9.34. The maximum absolute atomic E-state index is 12.5. The fourth-order valence-electron chi connectivity index (χ4n) is 3.81. The maximum atomic E-state index is 12.5. The topological polar surface area (TPSA) is 105 Å². The number of benzene rings is 1. The Bertz CT molecular complexity index is 1370. The Labute approximate surface area is 221 Å². The van der Waals surface area contributed by atoms with Crippen molar-refractivity contribution in [3.05, 3.63) is 89.3 Å². The summed E-state index contributed by atoms with van der Waals surface area (Å²) in [5, 5.41) is 0. The van der Waals surface area contributed by atoms with Crippen LogP contribution in [0.1, 0.15) is 51.7 Å². The van der Waals surface area contributed by atoms with Crippen molar-refractivity contribution in [2.75, 3.05) is 0 Å². The normalized spacial score (nSPS) is 15.7. The van der Waals surface area contributed by atoms with Gasteiger partial charge < -0.3 is 18.9 Å². The summed E-state index contributed by atoms with van der Waals surface area (Å²) >= 11 is 0. The summed E-state index contributed by atoms with van der Waals surface area (Å²) in [6, 6.07) is 3.24. The van der Waals surface area contributed by atoms with E-state index in [0.717, 1.165) is 11.1 Å². The van der Waals surface area contributed by atoms with Crippen LogP contribution in [0.25, 0.3) is 5.57 Å². The predicted octanol–water partition coefficient (Wildman–Crippen LogP) is 5.24. The Hall–Kier alpha value is -4.46. The first-order valence-electron chi connectivity index (χ1n) is 11.9. The number of rotatable bonds is 8. The number of carbonyl (C=O) groups is 4. The Kier molecular flexibility index (Phi) is 8.36. The Morgan fingerprint density at radius 3 is 1.74 bits per heavy atom. The first kappa shape index (κ1) is 28.1. The van der Waals surface area contributed by atoms with E-state index in [1.807, 2.05) is 6.08 Å². The molecule has 198 valence electrons. The summed E-state index contributed by atoms with van der Waals surface area (Å²) < 4.78 is 22.2. The fourth-order valence-corrected chi connectivity index (χ4v) is 3.81. The molecule has 0 N–H and O–H groups in total. The monoisotopic (exact) mass is 518 g/mol. The highest BCUT2D eigenvalue weighted by molar-refractivity contribution is 5.93. The van der Waals surface area contributed by atoms with Crippen LogP contribution in [-0.4, -0.2) is 30.0 Å². The molecule has 2 aliphatic carbocycles. The molecule has 38 heavy (non-hydrogen) atoms. The van der Waals surface area contributed by atoms with Crippen molar-refractivity contribution in [1.82, 2.24) is 0 Å². The highest BCUT2D eigenvalue weighted by Gasteiger charge is 2.35. The van der Waals surface area contributed by atoms with Gasteiger partial charge in [0.25, 0.3) is 0 Å². The number of aryl methyl sites for hydroxylation is 1. The lowest BCUT2D eigenvalue weighted by Crippen LogP contribution is -2.28. The van der Waals surface area contributed by atoms with Crippen molar-refractivity contribution in [2.24, 2.45) is 0 Å². The van der Waals surface area contributed by atoms with Crippen LogP contribution in [0.4, 0.5) is 0 Å². The second kappa shape index (κ2) is 11.3. The van der Waals surface area contributed by atoms with Crippen molar-refractivity contribution < 1.29 is 38.1 Å². The smallest absolute Gasteiger partial charge is 0.338 e. The highest BCUT2D eigenvalue weighted by Crippen LogP contribution is 2.46. The third-order valence-electron chi connectivity index (χ3n) is 5.81. The summed E-state index contributed by atoms with van der Waals surface area (Å²) in [5.74, 6) is -2.30. The van der Waals surface area contributed by atoms with E-state index in [0.29, 0.717) is 24.0 Å². The van der Waals surface area contributed by atoms with E-state index in [4.69, 9.17) is 18.9 Å². The van der Waals surface area contributed by atoms with Crippen LogP contribution in [-0.2, 0) is 35.1 Å². The molecule has 1 atom stereocenters. The molecule has 8 heteroatoms. The van der Waals surface area contributed by atoms with Crippen LogP contribution < -0.4 is 9.47 Å². The van der Waals surface area contributed by atoms with Crippen LogP contribution >= 0.6 is 0 Å². The lowest BCUT2D eigenvalue weighted by atomic mass is 9.79. The molecule has 3 rings (SSSR count). The minimum Gasteiger partial charge on any atom is -0.450 e. The van der Waals surface area contributed by atoms with Crippen molar-refractivity contribution in [1.29, 1.82) is 0 Å². The molecule has 0 saturated carbocycles. The summed E-state index contributed by atoms with van der Waals surface area (Å²) in [4.78, 5) is 49.4. The van der Waals surface area contributed by atoms with Crippen LogP contribution in [0.15, 0.2) is 78.1 Å². The largest absolute Gasteiger partial charge is 0.450 e. The molecule has 1 aromatic carbocycles. The third kappa shape index (κ3) is 6.08. The summed E-state index contributed by atoms with van der Waals surface area (Å²) in [6.45, 7) is 20.5. The van der Waals surface area contributed by atoms with Gasteiger partial charge in [-0.2, -0.15) is 0 Å². The summed E-state index contributed by atoms with van der Waals surface area (Å²) in [6.07, 6.45) is 2.18. The molecule has 2 aliphatic rings. The molecule has 0 spiro atoms. The number of allylic oxidation sites excluding steroid dienone is 2. The van der Waals surface area contributed by atoms with Gasteiger partial charge in [0.2, 0.25) is 0 Å². The molecule has 8 nitrogen and oxygen atoms in total. The van der Waals surface area contributed by atoms with Gasteiger partial charge in [-0.15, -0.1) is 0 Å². The summed E-state index contributed by atoms with van der Waals surface area (Å²) in [7, 11) is 0. The predicted molar refractivity (Wildman–Crippen MR) is 141 cm³/mol. The third-order valence-corrected chi connectivity index (χ3v) is 5.81. The molecule has 0 heterocycles. The zero-order valence-corrected chi connectivity index (χ0v) is 22.0. The van der Waals surface area contributed by atoms with Gasteiger partial charge in [0.1, 0.15) is 0 Å². The molecule has 1 aromatic rings. The lowest BCUT2D eigenvalue weighted by Gasteiger charge is -2.32. The quantitative estimate of drug-likeness (QED) is 0.261. The van der Waals surface area contributed by atoms with E-state index in [2.05, 4.69) is 26.3 Å². The highest BCUT2D eigenvalue weighted by atomic mass is 16.6. The van der Waals surface area contributed by atoms with E-state index in [-0.39, 0.29) is 46.0 Å². The molecule has 0 aromatic heterocycles. The number of carbonyl (C=O) groups excluding carboxylic acids is 4. The van der Waals surface area contributed by atoms with E-state index in [1.54, 1.807) is 12.1 Å². The molecular weight excluding hydrogens is 488 g/mol. The average Bonchev–Trinajstić information content (AvgIpc) is 2.84. The van der Waals surface area contributed by atoms with Crippen LogP contribution in [0.2, 0.25) is 0 Å². The zero-order chi connectivity index (χ0) is 28.3. The van der Waals surface area contributed by atoms with E-state index in [1.165, 1.54) is 27.7 Å². The Morgan fingerprint density at radius 2 is 1.21 bits per heavy atom.